The maximum absolute atomic E-state index is 12.6. The van der Waals surface area contributed by atoms with Crippen LogP contribution in [0.5, 0.6) is 0 Å². The van der Waals surface area contributed by atoms with Crippen molar-refractivity contribution >= 4 is 40.1 Å². The Labute approximate surface area is 155 Å². The van der Waals surface area contributed by atoms with Crippen LogP contribution in [0, 0.1) is 0 Å². The Morgan fingerprint density at radius 2 is 2.04 bits per heavy atom. The fraction of sp³-hybridized carbons (Fsp3) is 0.211. The molecule has 0 fully saturated rings. The van der Waals surface area contributed by atoms with Crippen LogP contribution < -0.4 is 5.32 Å². The minimum atomic E-state index is -0.984. The molecule has 2 aromatic heterocycles. The van der Waals surface area contributed by atoms with Gasteiger partial charge in [0.1, 0.15) is 0 Å². The fourth-order valence-electron chi connectivity index (χ4n) is 2.66. The first-order chi connectivity index (χ1) is 12.5. The normalized spacial score (nSPS) is 12.0. The highest BCUT2D eigenvalue weighted by molar-refractivity contribution is 6.32. The number of hydrogen-bond donors (Lipinski definition) is 1. The number of esters is 1. The monoisotopic (exact) mass is 371 g/mol. The fourth-order valence-corrected chi connectivity index (χ4v) is 2.83. The molecule has 2 heterocycles. The van der Waals surface area contributed by atoms with Crippen molar-refractivity contribution in [1.82, 2.24) is 9.55 Å². The van der Waals surface area contributed by atoms with Gasteiger partial charge in [-0.1, -0.05) is 29.8 Å². The number of pyridine rings is 1. The minimum absolute atomic E-state index is 0.172. The number of amides is 1. The molecule has 1 N–H and O–H groups in total. The van der Waals surface area contributed by atoms with E-state index in [9.17, 15) is 9.59 Å². The summed E-state index contributed by atoms with van der Waals surface area (Å²) < 4.78 is 7.31. The van der Waals surface area contributed by atoms with Crippen molar-refractivity contribution in [3.63, 3.8) is 0 Å². The third kappa shape index (κ3) is 3.55. The standard InChI is InChI=1S/C19H18ClN3O3/c1-3-23-11-14(13-7-4-5-9-16(13)23)19(25)26-12(2)18(24)22-15-8-6-10-21-17(15)20/h4-12H,3H2,1-2H3,(H,22,24). The van der Waals surface area contributed by atoms with E-state index in [1.54, 1.807) is 18.3 Å². The van der Waals surface area contributed by atoms with Crippen molar-refractivity contribution in [2.24, 2.45) is 0 Å². The molecule has 3 aromatic rings. The minimum Gasteiger partial charge on any atom is -0.449 e. The highest BCUT2D eigenvalue weighted by Crippen LogP contribution is 2.23. The summed E-state index contributed by atoms with van der Waals surface area (Å²) in [5.74, 6) is -1.03. The van der Waals surface area contributed by atoms with Gasteiger partial charge in [0.05, 0.1) is 11.3 Å². The van der Waals surface area contributed by atoms with Gasteiger partial charge in [-0.15, -0.1) is 0 Å². The highest BCUT2D eigenvalue weighted by atomic mass is 35.5. The smallest absolute Gasteiger partial charge is 0.341 e. The molecule has 1 unspecified atom stereocenters. The Balaban J connectivity index is 1.75. The molecule has 0 spiro atoms. The van der Waals surface area contributed by atoms with Gasteiger partial charge in [0.25, 0.3) is 5.91 Å². The number of ether oxygens (including phenoxy) is 1. The summed E-state index contributed by atoms with van der Waals surface area (Å²) in [5.41, 5.74) is 1.74. The number of hydrogen-bond acceptors (Lipinski definition) is 4. The Kier molecular flexibility index (Phi) is 5.23. The molecule has 0 radical (unpaired) electrons. The van der Waals surface area contributed by atoms with Crippen LogP contribution in [0.2, 0.25) is 5.15 Å². The number of halogens is 1. The molecular weight excluding hydrogens is 354 g/mol. The molecule has 0 aliphatic rings. The van der Waals surface area contributed by atoms with Crippen molar-refractivity contribution < 1.29 is 14.3 Å². The van der Waals surface area contributed by atoms with E-state index in [2.05, 4.69) is 10.3 Å². The molecule has 0 bridgehead atoms. The van der Waals surface area contributed by atoms with Crippen LogP contribution in [0.25, 0.3) is 10.9 Å². The van der Waals surface area contributed by atoms with Gasteiger partial charge in [-0.2, -0.15) is 0 Å². The number of nitrogens with one attached hydrogen (secondary N) is 1. The average Bonchev–Trinajstić information content (AvgIpc) is 3.02. The summed E-state index contributed by atoms with van der Waals surface area (Å²) >= 11 is 5.92. The van der Waals surface area contributed by atoms with Crippen LogP contribution in [0.1, 0.15) is 24.2 Å². The second-order valence-corrected chi connectivity index (χ2v) is 6.08. The number of anilines is 1. The second-order valence-electron chi connectivity index (χ2n) is 5.72. The molecule has 6 nitrogen and oxygen atoms in total. The zero-order chi connectivity index (χ0) is 18.7. The lowest BCUT2D eigenvalue weighted by atomic mass is 10.2. The average molecular weight is 372 g/mol. The van der Waals surface area contributed by atoms with Crippen LogP contribution in [0.15, 0.2) is 48.8 Å². The highest BCUT2D eigenvalue weighted by Gasteiger charge is 2.22. The van der Waals surface area contributed by atoms with Crippen molar-refractivity contribution in [3.05, 3.63) is 59.5 Å². The zero-order valence-corrected chi connectivity index (χ0v) is 15.2. The number of fused-ring (bicyclic) bond motifs is 1. The van der Waals surface area contributed by atoms with E-state index in [1.807, 2.05) is 35.8 Å². The first-order valence-electron chi connectivity index (χ1n) is 8.21. The summed E-state index contributed by atoms with van der Waals surface area (Å²) in [5, 5.41) is 3.57. The number of benzene rings is 1. The number of carbonyl (C=O) groups is 2. The van der Waals surface area contributed by atoms with Crippen LogP contribution in [-0.4, -0.2) is 27.5 Å². The largest absolute Gasteiger partial charge is 0.449 e. The van der Waals surface area contributed by atoms with Gasteiger partial charge in [0.15, 0.2) is 11.3 Å². The summed E-state index contributed by atoms with van der Waals surface area (Å²) in [6.07, 6.45) is 2.28. The summed E-state index contributed by atoms with van der Waals surface area (Å²) in [6.45, 7) is 4.23. The number of aryl methyl sites for hydroxylation is 1. The van der Waals surface area contributed by atoms with Crippen molar-refractivity contribution in [3.8, 4) is 0 Å². The van der Waals surface area contributed by atoms with Crippen LogP contribution in [0.4, 0.5) is 5.69 Å². The quantitative estimate of drug-likeness (QED) is 0.545. The van der Waals surface area contributed by atoms with Gasteiger partial charge >= 0.3 is 5.97 Å². The van der Waals surface area contributed by atoms with Gasteiger partial charge in [0, 0.05) is 29.8 Å². The third-order valence-electron chi connectivity index (χ3n) is 4.02. The predicted molar refractivity (Wildman–Crippen MR) is 100 cm³/mol. The van der Waals surface area contributed by atoms with E-state index < -0.39 is 18.0 Å². The van der Waals surface area contributed by atoms with Gasteiger partial charge in [0.2, 0.25) is 0 Å². The molecule has 0 saturated carbocycles. The molecule has 0 aliphatic heterocycles. The lowest BCUT2D eigenvalue weighted by molar-refractivity contribution is -0.123. The molecule has 1 aromatic carbocycles. The Bertz CT molecular complexity index is 968. The van der Waals surface area contributed by atoms with E-state index in [0.29, 0.717) is 11.3 Å². The van der Waals surface area contributed by atoms with E-state index in [1.165, 1.54) is 13.1 Å². The van der Waals surface area contributed by atoms with Gasteiger partial charge < -0.3 is 14.6 Å². The molecule has 1 amide bonds. The summed E-state index contributed by atoms with van der Waals surface area (Å²) in [4.78, 5) is 28.7. The lowest BCUT2D eigenvalue weighted by Gasteiger charge is -2.13. The first kappa shape index (κ1) is 17.9. The maximum Gasteiger partial charge on any atom is 0.341 e. The zero-order valence-electron chi connectivity index (χ0n) is 14.4. The van der Waals surface area contributed by atoms with Crippen LogP contribution in [-0.2, 0) is 16.1 Å². The lowest BCUT2D eigenvalue weighted by Crippen LogP contribution is -2.30. The van der Waals surface area contributed by atoms with E-state index in [0.717, 1.165) is 17.4 Å². The summed E-state index contributed by atoms with van der Waals surface area (Å²) in [7, 11) is 0. The Morgan fingerprint density at radius 1 is 1.27 bits per heavy atom. The van der Waals surface area contributed by atoms with E-state index >= 15 is 0 Å². The number of carbonyl (C=O) groups excluding carboxylic acids is 2. The Hall–Kier alpha value is -2.86. The molecule has 0 aliphatic carbocycles. The first-order valence-corrected chi connectivity index (χ1v) is 8.59. The number of aromatic nitrogens is 2. The topological polar surface area (TPSA) is 73.2 Å². The van der Waals surface area contributed by atoms with E-state index in [4.69, 9.17) is 16.3 Å². The molecule has 1 atom stereocenters. The van der Waals surface area contributed by atoms with Crippen molar-refractivity contribution in [2.75, 3.05) is 5.32 Å². The Morgan fingerprint density at radius 3 is 2.77 bits per heavy atom. The van der Waals surface area contributed by atoms with E-state index in [-0.39, 0.29) is 5.15 Å². The SMILES string of the molecule is CCn1cc(C(=O)OC(C)C(=O)Nc2cccnc2Cl)c2ccccc21. The van der Waals surface area contributed by atoms with Crippen LogP contribution >= 0.6 is 11.6 Å². The van der Waals surface area contributed by atoms with Crippen molar-refractivity contribution in [2.45, 2.75) is 26.5 Å². The van der Waals surface area contributed by atoms with Crippen LogP contribution in [0.3, 0.4) is 0 Å². The molecule has 0 saturated heterocycles. The summed E-state index contributed by atoms with van der Waals surface area (Å²) in [6, 6.07) is 10.8. The van der Waals surface area contributed by atoms with Gasteiger partial charge in [-0.05, 0) is 32.0 Å². The maximum atomic E-state index is 12.6. The molecule has 134 valence electrons. The number of para-hydroxylation sites is 1. The molecule has 26 heavy (non-hydrogen) atoms. The van der Waals surface area contributed by atoms with Gasteiger partial charge in [-0.3, -0.25) is 4.79 Å². The second kappa shape index (κ2) is 7.58. The predicted octanol–water partition coefficient (Wildman–Crippen LogP) is 3.89. The van der Waals surface area contributed by atoms with Crippen molar-refractivity contribution in [1.29, 1.82) is 0 Å². The van der Waals surface area contributed by atoms with Gasteiger partial charge in [-0.25, -0.2) is 9.78 Å². The number of rotatable bonds is 5. The third-order valence-corrected chi connectivity index (χ3v) is 4.32. The molecule has 3 rings (SSSR count). The molecular formula is C19H18ClN3O3. The molecule has 7 heteroatoms. The number of nitrogens with zero attached hydrogens (tertiary/aromatic N) is 2.